The van der Waals surface area contributed by atoms with Crippen molar-refractivity contribution in [3.63, 3.8) is 0 Å². The number of anilines is 1. The molecule has 4 nitrogen and oxygen atoms in total. The molecule has 0 fully saturated rings. The van der Waals surface area contributed by atoms with Gasteiger partial charge in [0.1, 0.15) is 0 Å². The lowest BCUT2D eigenvalue weighted by Gasteiger charge is -2.13. The second-order valence-corrected chi connectivity index (χ2v) is 5.50. The minimum absolute atomic E-state index is 0. The molecule has 0 radical (unpaired) electrons. The third-order valence-electron chi connectivity index (χ3n) is 3.83. The van der Waals surface area contributed by atoms with Crippen molar-refractivity contribution in [2.75, 3.05) is 25.0 Å². The van der Waals surface area contributed by atoms with Crippen LogP contribution in [0.15, 0.2) is 54.6 Å². The van der Waals surface area contributed by atoms with Gasteiger partial charge in [0, 0.05) is 17.4 Å². The van der Waals surface area contributed by atoms with Gasteiger partial charge in [0.05, 0.1) is 12.2 Å². The molecule has 0 spiro atoms. The first-order valence-electron chi connectivity index (χ1n) is 7.81. The highest BCUT2D eigenvalue weighted by Gasteiger charge is 2.10. The first kappa shape index (κ1) is 18.2. The molecule has 126 valence electrons. The SMILES string of the molecule is Cl.O=C(CNCCCO)Nc1c2ccccc2cc2ccccc12. The van der Waals surface area contributed by atoms with E-state index in [1.54, 1.807) is 0 Å². The summed E-state index contributed by atoms with van der Waals surface area (Å²) in [6.07, 6.45) is 0.643. The number of fused-ring (bicyclic) bond motifs is 2. The average Bonchev–Trinajstić information content (AvgIpc) is 2.58. The van der Waals surface area contributed by atoms with Crippen molar-refractivity contribution in [2.45, 2.75) is 6.42 Å². The van der Waals surface area contributed by atoms with Crippen LogP contribution in [0.3, 0.4) is 0 Å². The van der Waals surface area contributed by atoms with Crippen LogP contribution in [-0.2, 0) is 4.79 Å². The molecular weight excluding hydrogens is 324 g/mol. The van der Waals surface area contributed by atoms with Crippen molar-refractivity contribution in [1.82, 2.24) is 5.32 Å². The molecule has 0 aliphatic carbocycles. The normalized spacial score (nSPS) is 10.5. The van der Waals surface area contributed by atoms with E-state index in [9.17, 15) is 4.79 Å². The number of carbonyl (C=O) groups excluding carboxylic acids is 1. The lowest BCUT2D eigenvalue weighted by Crippen LogP contribution is -2.29. The summed E-state index contributed by atoms with van der Waals surface area (Å²) >= 11 is 0. The van der Waals surface area contributed by atoms with Gasteiger partial charge < -0.3 is 15.7 Å². The van der Waals surface area contributed by atoms with E-state index >= 15 is 0 Å². The number of carbonyl (C=O) groups is 1. The van der Waals surface area contributed by atoms with Gasteiger partial charge in [-0.3, -0.25) is 4.79 Å². The minimum atomic E-state index is -0.0792. The molecular formula is C19H21ClN2O2. The Morgan fingerprint density at radius 3 is 2.12 bits per heavy atom. The zero-order valence-corrected chi connectivity index (χ0v) is 14.1. The number of nitrogens with one attached hydrogen (secondary N) is 2. The van der Waals surface area contributed by atoms with Crippen molar-refractivity contribution in [3.8, 4) is 0 Å². The molecule has 0 bridgehead atoms. The summed E-state index contributed by atoms with van der Waals surface area (Å²) in [5.41, 5.74) is 0.854. The maximum atomic E-state index is 12.2. The van der Waals surface area contributed by atoms with E-state index < -0.39 is 0 Å². The maximum absolute atomic E-state index is 12.2. The fraction of sp³-hybridized carbons (Fsp3) is 0.211. The number of hydrogen-bond donors (Lipinski definition) is 3. The molecule has 1 amide bonds. The van der Waals surface area contributed by atoms with Crippen molar-refractivity contribution in [1.29, 1.82) is 0 Å². The van der Waals surface area contributed by atoms with Gasteiger partial charge in [0.2, 0.25) is 5.91 Å². The van der Waals surface area contributed by atoms with Gasteiger partial charge in [-0.1, -0.05) is 48.5 Å². The summed E-state index contributed by atoms with van der Waals surface area (Å²) in [6.45, 7) is 0.986. The Kier molecular flexibility index (Phi) is 6.55. The second-order valence-electron chi connectivity index (χ2n) is 5.50. The van der Waals surface area contributed by atoms with Crippen molar-refractivity contribution >= 4 is 45.5 Å². The number of aliphatic hydroxyl groups excluding tert-OH is 1. The Morgan fingerprint density at radius 2 is 1.54 bits per heavy atom. The van der Waals surface area contributed by atoms with E-state index in [-0.39, 0.29) is 31.5 Å². The molecule has 0 aromatic heterocycles. The van der Waals surface area contributed by atoms with Crippen LogP contribution in [0.2, 0.25) is 0 Å². The molecule has 3 aromatic rings. The Balaban J connectivity index is 0.00000208. The quantitative estimate of drug-likeness (QED) is 0.475. The van der Waals surface area contributed by atoms with Gasteiger partial charge in [-0.2, -0.15) is 0 Å². The first-order chi connectivity index (χ1) is 11.3. The lowest BCUT2D eigenvalue weighted by atomic mass is 10.0. The van der Waals surface area contributed by atoms with Crippen molar-refractivity contribution in [2.24, 2.45) is 0 Å². The third-order valence-corrected chi connectivity index (χ3v) is 3.83. The van der Waals surface area contributed by atoms with Gasteiger partial charge in [0.25, 0.3) is 0 Å². The van der Waals surface area contributed by atoms with Crippen LogP contribution in [0.4, 0.5) is 5.69 Å². The van der Waals surface area contributed by atoms with Crippen LogP contribution >= 0.6 is 12.4 Å². The van der Waals surface area contributed by atoms with Crippen LogP contribution in [0.5, 0.6) is 0 Å². The zero-order valence-electron chi connectivity index (χ0n) is 13.3. The summed E-state index contributed by atoms with van der Waals surface area (Å²) in [7, 11) is 0. The Hall–Kier alpha value is -2.14. The molecule has 0 atom stereocenters. The lowest BCUT2D eigenvalue weighted by molar-refractivity contribution is -0.115. The molecule has 0 saturated carbocycles. The third kappa shape index (κ3) is 4.03. The molecule has 0 saturated heterocycles. The molecule has 5 heteroatoms. The minimum Gasteiger partial charge on any atom is -0.396 e. The predicted octanol–water partition coefficient (Wildman–Crippen LogP) is 3.33. The van der Waals surface area contributed by atoms with Crippen LogP contribution in [0, 0.1) is 0 Å². The smallest absolute Gasteiger partial charge is 0.238 e. The first-order valence-corrected chi connectivity index (χ1v) is 7.81. The molecule has 0 unspecified atom stereocenters. The molecule has 3 aromatic carbocycles. The highest BCUT2D eigenvalue weighted by atomic mass is 35.5. The standard InChI is InChI=1S/C19H20N2O2.ClH/c22-11-5-10-20-13-18(23)21-19-16-8-3-1-6-14(16)12-15-7-2-4-9-17(15)19;/h1-4,6-9,12,20,22H,5,10-11,13H2,(H,21,23);1H. The maximum Gasteiger partial charge on any atom is 0.238 e. The summed E-state index contributed by atoms with van der Waals surface area (Å²) < 4.78 is 0. The summed E-state index contributed by atoms with van der Waals surface area (Å²) in [5, 5.41) is 19.1. The molecule has 0 heterocycles. The van der Waals surface area contributed by atoms with E-state index in [2.05, 4.69) is 28.8 Å². The summed E-state index contributed by atoms with van der Waals surface area (Å²) in [5.74, 6) is -0.0792. The Bertz CT molecular complexity index is 782. The molecule has 0 aliphatic rings. The van der Waals surface area contributed by atoms with E-state index in [1.807, 2.05) is 36.4 Å². The molecule has 24 heavy (non-hydrogen) atoms. The van der Waals surface area contributed by atoms with Gasteiger partial charge in [-0.15, -0.1) is 12.4 Å². The topological polar surface area (TPSA) is 61.4 Å². The number of amides is 1. The predicted molar refractivity (Wildman–Crippen MR) is 102 cm³/mol. The number of hydrogen-bond acceptors (Lipinski definition) is 3. The van der Waals surface area contributed by atoms with E-state index in [1.165, 1.54) is 0 Å². The zero-order chi connectivity index (χ0) is 16.1. The highest BCUT2D eigenvalue weighted by Crippen LogP contribution is 2.32. The summed E-state index contributed by atoms with van der Waals surface area (Å²) in [6, 6.07) is 18.2. The Labute approximate surface area is 147 Å². The van der Waals surface area contributed by atoms with E-state index in [4.69, 9.17) is 5.11 Å². The van der Waals surface area contributed by atoms with Gasteiger partial charge >= 0.3 is 0 Å². The number of rotatable bonds is 6. The number of halogens is 1. The Morgan fingerprint density at radius 1 is 0.958 bits per heavy atom. The van der Waals surface area contributed by atoms with E-state index in [0.29, 0.717) is 13.0 Å². The van der Waals surface area contributed by atoms with Crippen LogP contribution < -0.4 is 10.6 Å². The molecule has 3 rings (SSSR count). The van der Waals surface area contributed by atoms with Gasteiger partial charge in [-0.05, 0) is 29.8 Å². The van der Waals surface area contributed by atoms with Crippen LogP contribution in [0.1, 0.15) is 6.42 Å². The summed E-state index contributed by atoms with van der Waals surface area (Å²) in [4.78, 5) is 12.2. The van der Waals surface area contributed by atoms with Crippen LogP contribution in [0.25, 0.3) is 21.5 Å². The van der Waals surface area contributed by atoms with Crippen molar-refractivity contribution < 1.29 is 9.90 Å². The molecule has 3 N–H and O–H groups in total. The van der Waals surface area contributed by atoms with E-state index in [0.717, 1.165) is 27.2 Å². The van der Waals surface area contributed by atoms with Crippen LogP contribution in [-0.4, -0.2) is 30.7 Å². The second kappa shape index (κ2) is 8.64. The average molecular weight is 345 g/mol. The van der Waals surface area contributed by atoms with Gasteiger partial charge in [0.15, 0.2) is 0 Å². The number of benzene rings is 3. The fourth-order valence-electron chi connectivity index (χ4n) is 2.74. The van der Waals surface area contributed by atoms with Crippen molar-refractivity contribution in [3.05, 3.63) is 54.6 Å². The van der Waals surface area contributed by atoms with Gasteiger partial charge in [-0.25, -0.2) is 0 Å². The number of aliphatic hydroxyl groups is 1. The monoisotopic (exact) mass is 344 g/mol. The largest absolute Gasteiger partial charge is 0.396 e. The fourth-order valence-corrected chi connectivity index (χ4v) is 2.74. The molecule has 0 aliphatic heterocycles. The highest BCUT2D eigenvalue weighted by molar-refractivity contribution is 6.15.